The molecule has 1 spiro atoms. The van der Waals surface area contributed by atoms with Gasteiger partial charge in [-0.3, -0.25) is 14.4 Å². The Kier molecular flexibility index (Phi) is 7.00. The van der Waals surface area contributed by atoms with Crippen LogP contribution in [0.2, 0.25) is 0 Å². The van der Waals surface area contributed by atoms with Crippen molar-refractivity contribution in [2.75, 3.05) is 39.3 Å². The number of carbonyl (C=O) groups excluding carboxylic acids is 1. The molecule has 0 atom stereocenters. The van der Waals surface area contributed by atoms with E-state index in [2.05, 4.69) is 39.2 Å². The number of amides is 1. The molecule has 6 nitrogen and oxygen atoms in total. The van der Waals surface area contributed by atoms with E-state index in [0.29, 0.717) is 12.0 Å². The molecule has 33 heavy (non-hydrogen) atoms. The van der Waals surface area contributed by atoms with E-state index in [1.807, 2.05) is 12.3 Å². The van der Waals surface area contributed by atoms with Gasteiger partial charge < -0.3 is 9.64 Å². The number of aromatic nitrogens is 2. The maximum absolute atomic E-state index is 12.8. The average Bonchev–Trinajstić information content (AvgIpc) is 3.49. The summed E-state index contributed by atoms with van der Waals surface area (Å²) >= 11 is 0. The highest BCUT2D eigenvalue weighted by Gasteiger charge is 2.38. The van der Waals surface area contributed by atoms with Gasteiger partial charge in [-0.25, -0.2) is 0 Å². The third-order valence-electron chi connectivity index (χ3n) is 7.85. The van der Waals surface area contributed by atoms with Crippen LogP contribution in [0.25, 0.3) is 0 Å². The standard InChI is InChI=1S/C27H38N4O2/c32-26(21-31-15-5-14-28-31)30-16-12-27(13-17-30)11-4-3-7-24-6-1-2-8-25(24)33-19-18-29(22-27)20-23-9-10-23/h1-2,5-6,8,14-15,23H,3-4,7,9-13,16-22H2. The van der Waals surface area contributed by atoms with Crippen LogP contribution in [0, 0.1) is 11.3 Å². The molecule has 0 N–H and O–H groups in total. The largest absolute Gasteiger partial charge is 0.492 e. The van der Waals surface area contributed by atoms with Crippen molar-refractivity contribution >= 4 is 5.91 Å². The van der Waals surface area contributed by atoms with Crippen molar-refractivity contribution in [2.24, 2.45) is 11.3 Å². The molecule has 1 saturated heterocycles. The second-order valence-electron chi connectivity index (χ2n) is 10.4. The lowest BCUT2D eigenvalue weighted by Gasteiger charge is -2.45. The number of para-hydroxylation sites is 1. The van der Waals surface area contributed by atoms with E-state index >= 15 is 0 Å². The molecule has 1 aliphatic carbocycles. The zero-order valence-corrected chi connectivity index (χ0v) is 19.8. The van der Waals surface area contributed by atoms with Crippen LogP contribution in [0.1, 0.15) is 50.5 Å². The van der Waals surface area contributed by atoms with Gasteiger partial charge in [0, 0.05) is 45.1 Å². The van der Waals surface area contributed by atoms with Gasteiger partial charge in [0.1, 0.15) is 18.9 Å². The Hall–Kier alpha value is -2.34. The number of piperidine rings is 1. The maximum atomic E-state index is 12.8. The van der Waals surface area contributed by atoms with Crippen LogP contribution >= 0.6 is 0 Å². The Bertz CT molecular complexity index is 901. The van der Waals surface area contributed by atoms with Crippen molar-refractivity contribution in [3.05, 3.63) is 48.3 Å². The summed E-state index contributed by atoms with van der Waals surface area (Å²) in [7, 11) is 0. The Labute approximate surface area is 197 Å². The fourth-order valence-corrected chi connectivity index (χ4v) is 5.68. The van der Waals surface area contributed by atoms with E-state index in [-0.39, 0.29) is 5.91 Å². The summed E-state index contributed by atoms with van der Waals surface area (Å²) < 4.78 is 8.00. The lowest BCUT2D eigenvalue weighted by molar-refractivity contribution is -0.134. The third-order valence-corrected chi connectivity index (χ3v) is 7.85. The summed E-state index contributed by atoms with van der Waals surface area (Å²) in [5, 5.41) is 4.20. The molecule has 5 rings (SSSR count). The van der Waals surface area contributed by atoms with E-state index in [0.717, 1.165) is 63.7 Å². The van der Waals surface area contributed by atoms with E-state index in [4.69, 9.17) is 4.74 Å². The molecular formula is C27H38N4O2. The molecule has 6 heteroatoms. The van der Waals surface area contributed by atoms with Crippen LogP contribution in [0.5, 0.6) is 5.75 Å². The summed E-state index contributed by atoms with van der Waals surface area (Å²) in [6.07, 6.45) is 13.4. The molecule has 1 amide bonds. The molecule has 178 valence electrons. The van der Waals surface area contributed by atoms with E-state index < -0.39 is 0 Å². The van der Waals surface area contributed by atoms with Crippen molar-refractivity contribution in [3.63, 3.8) is 0 Å². The van der Waals surface area contributed by atoms with Crippen LogP contribution in [0.3, 0.4) is 0 Å². The molecule has 1 saturated carbocycles. The average molecular weight is 451 g/mol. The predicted octanol–water partition coefficient (Wildman–Crippen LogP) is 4.01. The number of benzene rings is 1. The molecule has 0 radical (unpaired) electrons. The fourth-order valence-electron chi connectivity index (χ4n) is 5.68. The number of carbonyl (C=O) groups is 1. The lowest BCUT2D eigenvalue weighted by Crippen LogP contribution is -2.49. The number of aryl methyl sites for hydroxylation is 1. The first kappa shape index (κ1) is 22.5. The number of likely N-dealkylation sites (tertiary alicyclic amines) is 1. The molecule has 1 aromatic heterocycles. The Morgan fingerprint density at radius 1 is 1.06 bits per heavy atom. The van der Waals surface area contributed by atoms with Crippen molar-refractivity contribution in [1.29, 1.82) is 0 Å². The van der Waals surface area contributed by atoms with E-state index in [1.165, 1.54) is 44.2 Å². The van der Waals surface area contributed by atoms with Gasteiger partial charge in [-0.05, 0) is 74.0 Å². The summed E-state index contributed by atoms with van der Waals surface area (Å²) in [4.78, 5) is 17.6. The van der Waals surface area contributed by atoms with Gasteiger partial charge in [0.2, 0.25) is 5.91 Å². The molecule has 1 aromatic carbocycles. The van der Waals surface area contributed by atoms with Gasteiger partial charge in [-0.15, -0.1) is 0 Å². The number of rotatable bonds is 4. The Morgan fingerprint density at radius 3 is 2.70 bits per heavy atom. The Morgan fingerprint density at radius 2 is 1.91 bits per heavy atom. The van der Waals surface area contributed by atoms with Gasteiger partial charge in [-0.1, -0.05) is 24.6 Å². The summed E-state index contributed by atoms with van der Waals surface area (Å²) in [5.41, 5.74) is 1.66. The smallest absolute Gasteiger partial charge is 0.244 e. The first-order chi connectivity index (χ1) is 16.2. The quantitative estimate of drug-likeness (QED) is 0.706. The van der Waals surface area contributed by atoms with Crippen molar-refractivity contribution in [1.82, 2.24) is 19.6 Å². The molecule has 2 aliphatic heterocycles. The van der Waals surface area contributed by atoms with Gasteiger partial charge in [-0.2, -0.15) is 5.10 Å². The van der Waals surface area contributed by atoms with E-state index in [9.17, 15) is 4.79 Å². The number of hydrogen-bond donors (Lipinski definition) is 0. The molecule has 2 aromatic rings. The molecule has 0 unspecified atom stereocenters. The number of nitrogens with zero attached hydrogens (tertiary/aromatic N) is 4. The zero-order valence-electron chi connectivity index (χ0n) is 19.8. The molecule has 3 heterocycles. The van der Waals surface area contributed by atoms with Crippen LogP contribution in [0.15, 0.2) is 42.7 Å². The first-order valence-corrected chi connectivity index (χ1v) is 12.9. The van der Waals surface area contributed by atoms with Gasteiger partial charge in [0.25, 0.3) is 0 Å². The lowest BCUT2D eigenvalue weighted by atomic mass is 9.73. The minimum absolute atomic E-state index is 0.196. The number of hydrogen-bond acceptors (Lipinski definition) is 4. The molecule has 3 aliphatic rings. The van der Waals surface area contributed by atoms with Gasteiger partial charge in [0.05, 0.1) is 0 Å². The van der Waals surface area contributed by atoms with Crippen molar-refractivity contribution in [3.8, 4) is 5.75 Å². The summed E-state index contributed by atoms with van der Waals surface area (Å²) in [6, 6.07) is 10.4. The van der Waals surface area contributed by atoms with Gasteiger partial charge in [0.15, 0.2) is 0 Å². The third kappa shape index (κ3) is 5.97. The highest BCUT2D eigenvalue weighted by atomic mass is 16.5. The van der Waals surface area contributed by atoms with E-state index in [1.54, 1.807) is 10.9 Å². The SMILES string of the molecule is O=C(Cn1cccn1)N1CCC2(CCCCc3ccccc3OCCN(CC3CC3)C2)CC1. The topological polar surface area (TPSA) is 50.6 Å². The number of fused-ring (bicyclic) bond motifs is 1. The van der Waals surface area contributed by atoms with Crippen molar-refractivity contribution < 1.29 is 9.53 Å². The molecule has 0 bridgehead atoms. The number of ether oxygens (including phenoxy) is 1. The minimum atomic E-state index is 0.196. The zero-order chi connectivity index (χ0) is 22.5. The van der Waals surface area contributed by atoms with Crippen LogP contribution in [-0.4, -0.2) is 64.8 Å². The normalized spacial score (nSPS) is 22.1. The minimum Gasteiger partial charge on any atom is -0.492 e. The van der Waals surface area contributed by atoms with Crippen LogP contribution in [0.4, 0.5) is 0 Å². The van der Waals surface area contributed by atoms with Crippen LogP contribution < -0.4 is 4.74 Å². The second-order valence-corrected chi connectivity index (χ2v) is 10.4. The molecular weight excluding hydrogens is 412 g/mol. The molecule has 2 fully saturated rings. The second kappa shape index (κ2) is 10.3. The van der Waals surface area contributed by atoms with Gasteiger partial charge >= 0.3 is 0 Å². The highest BCUT2D eigenvalue weighted by Crippen LogP contribution is 2.39. The Balaban J connectivity index is 1.25. The van der Waals surface area contributed by atoms with Crippen LogP contribution in [-0.2, 0) is 17.8 Å². The first-order valence-electron chi connectivity index (χ1n) is 12.9. The summed E-state index contributed by atoms with van der Waals surface area (Å²) in [5.74, 6) is 2.14. The maximum Gasteiger partial charge on any atom is 0.244 e. The highest BCUT2D eigenvalue weighted by molar-refractivity contribution is 5.76. The predicted molar refractivity (Wildman–Crippen MR) is 129 cm³/mol. The monoisotopic (exact) mass is 450 g/mol. The summed E-state index contributed by atoms with van der Waals surface area (Å²) in [6.45, 7) is 6.20. The van der Waals surface area contributed by atoms with Crippen molar-refractivity contribution in [2.45, 2.75) is 57.9 Å². The fraction of sp³-hybridized carbons (Fsp3) is 0.630.